The molecule has 8 heteroatoms. The van der Waals surface area contributed by atoms with Gasteiger partial charge in [-0.2, -0.15) is 0 Å². The van der Waals surface area contributed by atoms with Gasteiger partial charge in [0.25, 0.3) is 5.56 Å². The van der Waals surface area contributed by atoms with Crippen molar-refractivity contribution in [1.82, 2.24) is 9.55 Å². The number of anilines is 1. The summed E-state index contributed by atoms with van der Waals surface area (Å²) < 4.78 is 6.38. The standard InChI is InChI=1S/C16H11Cl2N3O3/c17-11-4-3-10(6-12(11)18)20-15(22)8-21-9-19-13(7-16(21)23)14-2-1-5-24-14/h1-7,9H,8H2,(H,20,22). The van der Waals surface area contributed by atoms with Crippen LogP contribution in [0.25, 0.3) is 11.5 Å². The Labute approximate surface area is 146 Å². The van der Waals surface area contributed by atoms with E-state index in [1.54, 1.807) is 24.3 Å². The van der Waals surface area contributed by atoms with E-state index in [9.17, 15) is 9.59 Å². The molecule has 0 spiro atoms. The number of carbonyl (C=O) groups is 1. The molecule has 24 heavy (non-hydrogen) atoms. The predicted molar refractivity (Wildman–Crippen MR) is 91.3 cm³/mol. The van der Waals surface area contributed by atoms with Crippen LogP contribution in [0.4, 0.5) is 5.69 Å². The molecule has 2 aromatic heterocycles. The molecule has 0 aliphatic carbocycles. The number of nitrogens with zero attached hydrogens (tertiary/aromatic N) is 2. The largest absolute Gasteiger partial charge is 0.463 e. The van der Waals surface area contributed by atoms with Crippen LogP contribution in [0.2, 0.25) is 10.0 Å². The van der Waals surface area contributed by atoms with Gasteiger partial charge in [-0.05, 0) is 30.3 Å². The number of hydrogen-bond donors (Lipinski definition) is 1. The van der Waals surface area contributed by atoms with Crippen LogP contribution in [0.15, 0.2) is 58.2 Å². The quantitative estimate of drug-likeness (QED) is 0.769. The summed E-state index contributed by atoms with van der Waals surface area (Å²) in [6.45, 7) is -0.176. The number of amides is 1. The van der Waals surface area contributed by atoms with Crippen molar-refractivity contribution in [2.45, 2.75) is 6.54 Å². The van der Waals surface area contributed by atoms with Crippen molar-refractivity contribution in [2.75, 3.05) is 5.32 Å². The van der Waals surface area contributed by atoms with Gasteiger partial charge in [0.05, 0.1) is 22.6 Å². The maximum atomic E-state index is 12.1. The summed E-state index contributed by atoms with van der Waals surface area (Å²) in [5.41, 5.74) is 0.537. The van der Waals surface area contributed by atoms with Gasteiger partial charge in [-0.3, -0.25) is 14.2 Å². The van der Waals surface area contributed by atoms with E-state index in [1.165, 1.54) is 29.3 Å². The number of hydrogen-bond acceptors (Lipinski definition) is 4. The highest BCUT2D eigenvalue weighted by atomic mass is 35.5. The molecule has 1 amide bonds. The number of carbonyl (C=O) groups excluding carboxylic acids is 1. The zero-order chi connectivity index (χ0) is 17.1. The van der Waals surface area contributed by atoms with Crippen LogP contribution >= 0.6 is 23.2 Å². The van der Waals surface area contributed by atoms with E-state index in [1.807, 2.05) is 0 Å². The molecule has 0 saturated carbocycles. The minimum absolute atomic E-state index is 0.176. The Bertz CT molecular complexity index is 936. The third kappa shape index (κ3) is 3.67. The highest BCUT2D eigenvalue weighted by Gasteiger charge is 2.09. The Kier molecular flexibility index (Phi) is 4.69. The summed E-state index contributed by atoms with van der Waals surface area (Å²) in [6.07, 6.45) is 2.79. The average Bonchev–Trinajstić information content (AvgIpc) is 3.07. The van der Waals surface area contributed by atoms with Gasteiger partial charge < -0.3 is 9.73 Å². The van der Waals surface area contributed by atoms with E-state index < -0.39 is 0 Å². The molecule has 0 bridgehead atoms. The second-order valence-corrected chi connectivity index (χ2v) is 5.71. The molecule has 0 aliphatic heterocycles. The Morgan fingerprint density at radius 1 is 1.21 bits per heavy atom. The van der Waals surface area contributed by atoms with Crippen molar-refractivity contribution in [3.63, 3.8) is 0 Å². The number of aromatic nitrogens is 2. The van der Waals surface area contributed by atoms with Gasteiger partial charge in [0.1, 0.15) is 12.2 Å². The Morgan fingerprint density at radius 3 is 2.71 bits per heavy atom. The van der Waals surface area contributed by atoms with Gasteiger partial charge in [0.15, 0.2) is 5.76 Å². The fourth-order valence-corrected chi connectivity index (χ4v) is 2.33. The van der Waals surface area contributed by atoms with E-state index >= 15 is 0 Å². The normalized spacial score (nSPS) is 10.6. The van der Waals surface area contributed by atoms with Crippen LogP contribution in [0.5, 0.6) is 0 Å². The second-order valence-electron chi connectivity index (χ2n) is 4.89. The molecule has 3 rings (SSSR count). The lowest BCUT2D eigenvalue weighted by molar-refractivity contribution is -0.116. The molecular weight excluding hydrogens is 353 g/mol. The Hall–Kier alpha value is -2.57. The molecule has 2 heterocycles. The van der Waals surface area contributed by atoms with Crippen molar-refractivity contribution in [3.8, 4) is 11.5 Å². The zero-order valence-electron chi connectivity index (χ0n) is 12.2. The molecule has 1 aromatic carbocycles. The van der Waals surface area contributed by atoms with E-state index in [0.29, 0.717) is 27.2 Å². The third-order valence-corrected chi connectivity index (χ3v) is 3.91. The summed E-state index contributed by atoms with van der Waals surface area (Å²) in [5.74, 6) is 0.0996. The number of rotatable bonds is 4. The van der Waals surface area contributed by atoms with Crippen molar-refractivity contribution >= 4 is 34.8 Å². The Balaban J connectivity index is 1.72. The summed E-state index contributed by atoms with van der Waals surface area (Å²) in [4.78, 5) is 28.3. The third-order valence-electron chi connectivity index (χ3n) is 3.17. The predicted octanol–water partition coefficient (Wildman–Crippen LogP) is 3.45. The molecule has 0 unspecified atom stereocenters. The number of nitrogens with one attached hydrogen (secondary N) is 1. The lowest BCUT2D eigenvalue weighted by atomic mass is 10.3. The van der Waals surface area contributed by atoms with Crippen molar-refractivity contribution in [2.24, 2.45) is 0 Å². The molecule has 0 saturated heterocycles. The lowest BCUT2D eigenvalue weighted by Crippen LogP contribution is -2.27. The first-order valence-electron chi connectivity index (χ1n) is 6.88. The highest BCUT2D eigenvalue weighted by molar-refractivity contribution is 6.42. The molecular formula is C16H11Cl2N3O3. The van der Waals surface area contributed by atoms with Gasteiger partial charge in [-0.1, -0.05) is 23.2 Å². The SMILES string of the molecule is O=C(Cn1cnc(-c2ccco2)cc1=O)Nc1ccc(Cl)c(Cl)c1. The van der Waals surface area contributed by atoms with Gasteiger partial charge in [-0.25, -0.2) is 4.98 Å². The second kappa shape index (κ2) is 6.90. The van der Waals surface area contributed by atoms with E-state index in [2.05, 4.69) is 10.3 Å². The molecule has 122 valence electrons. The van der Waals surface area contributed by atoms with Gasteiger partial charge in [0, 0.05) is 11.8 Å². The summed E-state index contributed by atoms with van der Waals surface area (Å²) in [7, 11) is 0. The molecule has 0 radical (unpaired) electrons. The monoisotopic (exact) mass is 363 g/mol. The van der Waals surface area contributed by atoms with Crippen LogP contribution in [0.3, 0.4) is 0 Å². The van der Waals surface area contributed by atoms with Crippen LogP contribution in [0, 0.1) is 0 Å². The topological polar surface area (TPSA) is 77.1 Å². The molecule has 0 atom stereocenters. The van der Waals surface area contributed by atoms with E-state index in [4.69, 9.17) is 27.6 Å². The molecule has 0 aliphatic rings. The Morgan fingerprint density at radius 2 is 2.04 bits per heavy atom. The van der Waals surface area contributed by atoms with Crippen LogP contribution in [-0.4, -0.2) is 15.5 Å². The summed E-state index contributed by atoms with van der Waals surface area (Å²) in [6, 6.07) is 9.43. The van der Waals surface area contributed by atoms with E-state index in [0.717, 1.165) is 0 Å². The number of benzene rings is 1. The first-order valence-corrected chi connectivity index (χ1v) is 7.64. The van der Waals surface area contributed by atoms with Crippen molar-refractivity contribution < 1.29 is 9.21 Å². The van der Waals surface area contributed by atoms with Gasteiger partial charge >= 0.3 is 0 Å². The van der Waals surface area contributed by atoms with Gasteiger partial charge in [-0.15, -0.1) is 0 Å². The van der Waals surface area contributed by atoms with Crippen LogP contribution < -0.4 is 10.9 Å². The minimum Gasteiger partial charge on any atom is -0.463 e. The minimum atomic E-state index is -0.386. The van der Waals surface area contributed by atoms with E-state index in [-0.39, 0.29) is 18.0 Å². The van der Waals surface area contributed by atoms with Crippen molar-refractivity contribution in [3.05, 3.63) is 69.4 Å². The fraction of sp³-hybridized carbons (Fsp3) is 0.0625. The smallest absolute Gasteiger partial charge is 0.254 e. The van der Waals surface area contributed by atoms with Crippen LogP contribution in [-0.2, 0) is 11.3 Å². The molecule has 6 nitrogen and oxygen atoms in total. The average molecular weight is 364 g/mol. The summed E-state index contributed by atoms with van der Waals surface area (Å²) in [5, 5.41) is 3.36. The first kappa shape index (κ1) is 16.3. The molecule has 0 fully saturated rings. The first-order chi connectivity index (χ1) is 11.5. The lowest BCUT2D eigenvalue weighted by Gasteiger charge is -2.08. The molecule has 3 aromatic rings. The van der Waals surface area contributed by atoms with Crippen LogP contribution in [0.1, 0.15) is 0 Å². The highest BCUT2D eigenvalue weighted by Crippen LogP contribution is 2.24. The van der Waals surface area contributed by atoms with Crippen molar-refractivity contribution in [1.29, 1.82) is 0 Å². The molecule has 1 N–H and O–H groups in total. The number of halogens is 2. The fourth-order valence-electron chi connectivity index (χ4n) is 2.03. The maximum absolute atomic E-state index is 12.1. The maximum Gasteiger partial charge on any atom is 0.254 e. The summed E-state index contributed by atoms with van der Waals surface area (Å²) >= 11 is 11.7. The van der Waals surface area contributed by atoms with Gasteiger partial charge in [0.2, 0.25) is 5.91 Å². The zero-order valence-corrected chi connectivity index (χ0v) is 13.7. The number of furan rings is 1.